The Balaban J connectivity index is 1.80. The highest BCUT2D eigenvalue weighted by atomic mass is 15.3. The van der Waals surface area contributed by atoms with E-state index in [4.69, 9.17) is 0 Å². The first-order valence-electron chi connectivity index (χ1n) is 7.91. The van der Waals surface area contributed by atoms with E-state index in [1.807, 2.05) is 23.1 Å². The van der Waals surface area contributed by atoms with Crippen molar-refractivity contribution < 1.29 is 0 Å². The van der Waals surface area contributed by atoms with Crippen molar-refractivity contribution in [3.8, 4) is 5.69 Å². The minimum Gasteiger partial charge on any atom is -0.380 e. The normalized spacial score (nSPS) is 24.7. The highest BCUT2D eigenvalue weighted by molar-refractivity contribution is 5.61. The Morgan fingerprint density at radius 1 is 1.24 bits per heavy atom. The minimum atomic E-state index is 0.485. The van der Waals surface area contributed by atoms with Gasteiger partial charge in [0, 0.05) is 18.4 Å². The number of aromatic nitrogens is 2. The summed E-state index contributed by atoms with van der Waals surface area (Å²) in [6, 6.07) is 10.9. The molecule has 1 aliphatic carbocycles. The summed E-state index contributed by atoms with van der Waals surface area (Å²) in [5.41, 5.74) is 2.79. The van der Waals surface area contributed by atoms with Gasteiger partial charge in [-0.3, -0.25) is 0 Å². The summed E-state index contributed by atoms with van der Waals surface area (Å²) in [5, 5.41) is 8.12. The standard InChI is InChI=1S/C18H25N3/c1-14-13-18(2,3)10-9-15(14)20-16-7-4-5-8-17(16)21-12-6-11-19-21/h4-8,11-12,14-15,20H,9-10,13H2,1-3H3. The van der Waals surface area contributed by atoms with Crippen LogP contribution in [0.4, 0.5) is 5.69 Å². The van der Waals surface area contributed by atoms with Crippen LogP contribution in [-0.2, 0) is 0 Å². The highest BCUT2D eigenvalue weighted by Gasteiger charge is 2.32. The Kier molecular flexibility index (Phi) is 3.75. The molecule has 112 valence electrons. The molecule has 0 bridgehead atoms. The lowest BCUT2D eigenvalue weighted by molar-refractivity contribution is 0.177. The molecule has 1 aliphatic rings. The van der Waals surface area contributed by atoms with Gasteiger partial charge in [-0.1, -0.05) is 32.9 Å². The summed E-state index contributed by atoms with van der Waals surface area (Å²) >= 11 is 0. The molecule has 1 fully saturated rings. The largest absolute Gasteiger partial charge is 0.380 e. The fraction of sp³-hybridized carbons (Fsp3) is 0.500. The Labute approximate surface area is 127 Å². The third-order valence-electron chi connectivity index (χ3n) is 4.69. The van der Waals surface area contributed by atoms with E-state index < -0.39 is 0 Å². The van der Waals surface area contributed by atoms with Crippen molar-refractivity contribution in [2.45, 2.75) is 46.1 Å². The van der Waals surface area contributed by atoms with Crippen LogP contribution in [0, 0.1) is 11.3 Å². The van der Waals surface area contributed by atoms with Crippen molar-refractivity contribution in [3.05, 3.63) is 42.7 Å². The molecule has 2 aromatic rings. The molecule has 0 amide bonds. The van der Waals surface area contributed by atoms with E-state index >= 15 is 0 Å². The van der Waals surface area contributed by atoms with Crippen LogP contribution in [0.3, 0.4) is 0 Å². The van der Waals surface area contributed by atoms with Crippen LogP contribution < -0.4 is 5.32 Å². The zero-order valence-corrected chi connectivity index (χ0v) is 13.2. The third kappa shape index (κ3) is 3.12. The van der Waals surface area contributed by atoms with Crippen LogP contribution in [-0.4, -0.2) is 15.8 Å². The van der Waals surface area contributed by atoms with E-state index in [0.29, 0.717) is 17.4 Å². The molecule has 1 N–H and O–H groups in total. The van der Waals surface area contributed by atoms with E-state index in [1.54, 1.807) is 0 Å². The second-order valence-electron chi connectivity index (χ2n) is 7.10. The number of nitrogens with one attached hydrogen (secondary N) is 1. The SMILES string of the molecule is CC1CC(C)(C)CCC1Nc1ccccc1-n1cccn1. The molecule has 2 unspecified atom stereocenters. The second kappa shape index (κ2) is 5.55. The number of rotatable bonds is 3. The molecule has 3 nitrogen and oxygen atoms in total. The molecule has 0 aliphatic heterocycles. The molecular weight excluding hydrogens is 258 g/mol. The Bertz CT molecular complexity index is 586. The van der Waals surface area contributed by atoms with Crippen LogP contribution in [0.25, 0.3) is 5.69 Å². The molecular formula is C18H25N3. The van der Waals surface area contributed by atoms with Gasteiger partial charge in [0.25, 0.3) is 0 Å². The van der Waals surface area contributed by atoms with Gasteiger partial charge in [0.1, 0.15) is 0 Å². The maximum absolute atomic E-state index is 4.36. The molecule has 1 saturated carbocycles. The molecule has 21 heavy (non-hydrogen) atoms. The molecule has 2 atom stereocenters. The van der Waals surface area contributed by atoms with Crippen LogP contribution in [0.5, 0.6) is 0 Å². The van der Waals surface area contributed by atoms with Crippen LogP contribution >= 0.6 is 0 Å². The first-order valence-corrected chi connectivity index (χ1v) is 7.91. The average molecular weight is 283 g/mol. The molecule has 0 spiro atoms. The fourth-order valence-electron chi connectivity index (χ4n) is 3.57. The summed E-state index contributed by atoms with van der Waals surface area (Å²) in [6.07, 6.45) is 7.63. The molecule has 0 saturated heterocycles. The van der Waals surface area contributed by atoms with Crippen molar-refractivity contribution >= 4 is 5.69 Å². The summed E-state index contributed by atoms with van der Waals surface area (Å²) < 4.78 is 1.93. The van der Waals surface area contributed by atoms with Crippen molar-refractivity contribution in [2.75, 3.05) is 5.32 Å². The summed E-state index contributed by atoms with van der Waals surface area (Å²) in [7, 11) is 0. The van der Waals surface area contributed by atoms with Gasteiger partial charge in [0.15, 0.2) is 0 Å². The highest BCUT2D eigenvalue weighted by Crippen LogP contribution is 2.39. The molecule has 3 heteroatoms. The van der Waals surface area contributed by atoms with Crippen molar-refractivity contribution in [1.82, 2.24) is 9.78 Å². The van der Waals surface area contributed by atoms with Crippen LogP contribution in [0.15, 0.2) is 42.7 Å². The molecule has 1 aromatic heterocycles. The molecule has 1 heterocycles. The summed E-state index contributed by atoms with van der Waals surface area (Å²) in [4.78, 5) is 0. The van der Waals surface area contributed by atoms with E-state index in [1.165, 1.54) is 24.9 Å². The smallest absolute Gasteiger partial charge is 0.0876 e. The average Bonchev–Trinajstić information content (AvgIpc) is 2.96. The van der Waals surface area contributed by atoms with Crippen molar-refractivity contribution in [3.63, 3.8) is 0 Å². The zero-order chi connectivity index (χ0) is 14.9. The van der Waals surface area contributed by atoms with E-state index in [9.17, 15) is 0 Å². The molecule has 3 rings (SSSR count). The van der Waals surface area contributed by atoms with Gasteiger partial charge >= 0.3 is 0 Å². The third-order valence-corrected chi connectivity index (χ3v) is 4.69. The first-order chi connectivity index (χ1) is 10.1. The fourth-order valence-corrected chi connectivity index (χ4v) is 3.57. The minimum absolute atomic E-state index is 0.485. The lowest BCUT2D eigenvalue weighted by Gasteiger charge is -2.40. The predicted molar refractivity (Wildman–Crippen MR) is 87.8 cm³/mol. The van der Waals surface area contributed by atoms with Crippen LogP contribution in [0.1, 0.15) is 40.0 Å². The Morgan fingerprint density at radius 2 is 2.05 bits per heavy atom. The quantitative estimate of drug-likeness (QED) is 0.899. The monoisotopic (exact) mass is 283 g/mol. The Hall–Kier alpha value is -1.77. The van der Waals surface area contributed by atoms with Gasteiger partial charge in [0.05, 0.1) is 11.4 Å². The van der Waals surface area contributed by atoms with Crippen molar-refractivity contribution in [1.29, 1.82) is 0 Å². The van der Waals surface area contributed by atoms with Gasteiger partial charge in [-0.2, -0.15) is 5.10 Å². The number of hydrogen-bond acceptors (Lipinski definition) is 2. The maximum Gasteiger partial charge on any atom is 0.0876 e. The van der Waals surface area contributed by atoms with Gasteiger partial charge in [-0.25, -0.2) is 4.68 Å². The molecule has 1 aromatic carbocycles. The molecule has 0 radical (unpaired) electrons. The lowest BCUT2D eigenvalue weighted by Crippen LogP contribution is -2.37. The summed E-state index contributed by atoms with van der Waals surface area (Å²) in [6.45, 7) is 7.14. The van der Waals surface area contributed by atoms with Gasteiger partial charge in [-0.05, 0) is 48.8 Å². The zero-order valence-electron chi connectivity index (χ0n) is 13.2. The van der Waals surface area contributed by atoms with E-state index in [0.717, 1.165) is 5.69 Å². The maximum atomic E-state index is 4.36. The first kappa shape index (κ1) is 14.2. The second-order valence-corrected chi connectivity index (χ2v) is 7.10. The lowest BCUT2D eigenvalue weighted by atomic mass is 9.70. The van der Waals surface area contributed by atoms with Crippen molar-refractivity contribution in [2.24, 2.45) is 11.3 Å². The topological polar surface area (TPSA) is 29.9 Å². The predicted octanol–water partition coefficient (Wildman–Crippen LogP) is 4.50. The van der Waals surface area contributed by atoms with E-state index in [2.05, 4.69) is 55.5 Å². The number of benzene rings is 1. The van der Waals surface area contributed by atoms with E-state index in [-0.39, 0.29) is 0 Å². The number of hydrogen-bond donors (Lipinski definition) is 1. The summed E-state index contributed by atoms with van der Waals surface area (Å²) in [5.74, 6) is 0.694. The number of para-hydroxylation sites is 2. The number of nitrogens with zero attached hydrogens (tertiary/aromatic N) is 2. The van der Waals surface area contributed by atoms with Gasteiger partial charge in [0.2, 0.25) is 0 Å². The van der Waals surface area contributed by atoms with Crippen LogP contribution in [0.2, 0.25) is 0 Å². The Morgan fingerprint density at radius 3 is 2.76 bits per heavy atom. The number of anilines is 1. The van der Waals surface area contributed by atoms with Gasteiger partial charge < -0.3 is 5.32 Å². The van der Waals surface area contributed by atoms with Gasteiger partial charge in [-0.15, -0.1) is 0 Å².